The summed E-state index contributed by atoms with van der Waals surface area (Å²) in [7, 11) is 1.69. The molecule has 92 valence electrons. The summed E-state index contributed by atoms with van der Waals surface area (Å²) < 4.78 is 2.59. The first-order chi connectivity index (χ1) is 9.25. The van der Waals surface area contributed by atoms with E-state index in [1.165, 1.54) is 20.2 Å². The molecular weight excluding hydrogens is 256 g/mol. The van der Waals surface area contributed by atoms with Crippen LogP contribution >= 0.6 is 11.3 Å². The Kier molecular flexibility index (Phi) is 2.05. The van der Waals surface area contributed by atoms with E-state index in [1.54, 1.807) is 18.4 Å². The molecule has 0 saturated heterocycles. The van der Waals surface area contributed by atoms with Gasteiger partial charge in [0.2, 0.25) is 0 Å². The van der Waals surface area contributed by atoms with Gasteiger partial charge in [-0.15, -0.1) is 11.3 Å². The van der Waals surface area contributed by atoms with Gasteiger partial charge in [-0.1, -0.05) is 36.4 Å². The number of rotatable bonds is 0. The Hall–Kier alpha value is -2.20. The zero-order chi connectivity index (χ0) is 13.0. The fourth-order valence-corrected chi connectivity index (χ4v) is 3.56. The molecular formula is C15H10N2OS. The van der Waals surface area contributed by atoms with E-state index < -0.39 is 0 Å². The first kappa shape index (κ1) is 10.7. The van der Waals surface area contributed by atoms with E-state index in [4.69, 9.17) is 0 Å². The molecule has 0 spiro atoms. The topological polar surface area (TPSA) is 34.9 Å². The van der Waals surface area contributed by atoms with Crippen LogP contribution in [-0.4, -0.2) is 9.78 Å². The maximum atomic E-state index is 11.9. The summed E-state index contributed by atoms with van der Waals surface area (Å²) >= 11 is 1.61. The Morgan fingerprint density at radius 2 is 1.95 bits per heavy atom. The van der Waals surface area contributed by atoms with Gasteiger partial charge in [0.25, 0.3) is 5.56 Å². The van der Waals surface area contributed by atoms with E-state index in [2.05, 4.69) is 29.4 Å². The average Bonchev–Trinajstić information content (AvgIpc) is 2.74. The molecule has 2 aliphatic rings. The smallest absolute Gasteiger partial charge is 0.267 e. The van der Waals surface area contributed by atoms with Crippen LogP contribution in [-0.2, 0) is 7.05 Å². The van der Waals surface area contributed by atoms with Crippen molar-refractivity contribution in [1.82, 2.24) is 9.78 Å². The van der Waals surface area contributed by atoms with Crippen LogP contribution in [0.2, 0.25) is 0 Å². The number of fused-ring (bicyclic) bond motifs is 5. The molecule has 0 bridgehead atoms. The summed E-state index contributed by atoms with van der Waals surface area (Å²) in [6.45, 7) is 0. The summed E-state index contributed by atoms with van der Waals surface area (Å²) in [5.74, 6) is 0. The average molecular weight is 266 g/mol. The van der Waals surface area contributed by atoms with Gasteiger partial charge in [0.1, 0.15) is 5.69 Å². The molecule has 2 aromatic rings. The first-order valence-corrected chi connectivity index (χ1v) is 6.89. The second kappa shape index (κ2) is 3.65. The van der Waals surface area contributed by atoms with Crippen molar-refractivity contribution in [2.45, 2.75) is 0 Å². The Balaban J connectivity index is 2.29. The SMILES string of the molecule is Cn1nc2c3ccc4ccccc4c3scc-2c1=O. The lowest BCUT2D eigenvalue weighted by atomic mass is 10.1. The van der Waals surface area contributed by atoms with E-state index in [9.17, 15) is 4.79 Å². The predicted molar refractivity (Wildman–Crippen MR) is 79.0 cm³/mol. The van der Waals surface area contributed by atoms with Gasteiger partial charge in [-0.25, -0.2) is 4.68 Å². The lowest BCUT2D eigenvalue weighted by Crippen LogP contribution is -2.11. The van der Waals surface area contributed by atoms with Crippen LogP contribution in [0.25, 0.3) is 32.1 Å². The second-order valence-electron chi connectivity index (χ2n) is 4.59. The molecule has 19 heavy (non-hydrogen) atoms. The van der Waals surface area contributed by atoms with Crippen LogP contribution in [0.1, 0.15) is 0 Å². The van der Waals surface area contributed by atoms with Crippen molar-refractivity contribution in [3.05, 3.63) is 52.1 Å². The Morgan fingerprint density at radius 3 is 2.84 bits per heavy atom. The maximum Gasteiger partial charge on any atom is 0.276 e. The minimum Gasteiger partial charge on any atom is -0.267 e. The van der Waals surface area contributed by atoms with Crippen molar-refractivity contribution >= 4 is 32.2 Å². The monoisotopic (exact) mass is 266 g/mol. The van der Waals surface area contributed by atoms with Crippen LogP contribution in [0, 0.1) is 0 Å². The van der Waals surface area contributed by atoms with E-state index in [1.807, 2.05) is 17.5 Å². The molecule has 2 aromatic carbocycles. The quantitative estimate of drug-likeness (QED) is 0.458. The number of aryl methyl sites for hydroxylation is 1. The highest BCUT2D eigenvalue weighted by molar-refractivity contribution is 7.18. The van der Waals surface area contributed by atoms with E-state index >= 15 is 0 Å². The van der Waals surface area contributed by atoms with Crippen LogP contribution in [0.3, 0.4) is 0 Å². The normalized spacial score (nSPS) is 11.6. The molecule has 4 heteroatoms. The van der Waals surface area contributed by atoms with Crippen LogP contribution in [0.4, 0.5) is 0 Å². The Labute approximate surface area is 113 Å². The van der Waals surface area contributed by atoms with Crippen molar-refractivity contribution in [3.63, 3.8) is 0 Å². The van der Waals surface area contributed by atoms with Gasteiger partial charge in [-0.3, -0.25) is 4.79 Å². The van der Waals surface area contributed by atoms with Gasteiger partial charge in [0.15, 0.2) is 0 Å². The fraction of sp³-hybridized carbons (Fsp3) is 0.0667. The number of hydrogen-bond acceptors (Lipinski definition) is 3. The van der Waals surface area contributed by atoms with E-state index in [0.717, 1.165) is 11.1 Å². The molecule has 3 nitrogen and oxygen atoms in total. The zero-order valence-corrected chi connectivity index (χ0v) is 11.1. The van der Waals surface area contributed by atoms with Crippen LogP contribution in [0.15, 0.2) is 46.6 Å². The van der Waals surface area contributed by atoms with Gasteiger partial charge in [-0.05, 0) is 10.8 Å². The fourth-order valence-electron chi connectivity index (χ4n) is 2.50. The van der Waals surface area contributed by atoms with Gasteiger partial charge < -0.3 is 0 Å². The van der Waals surface area contributed by atoms with Gasteiger partial charge in [-0.2, -0.15) is 5.10 Å². The molecule has 4 rings (SSSR count). The zero-order valence-electron chi connectivity index (χ0n) is 10.3. The largest absolute Gasteiger partial charge is 0.276 e. The molecule has 0 fully saturated rings. The first-order valence-electron chi connectivity index (χ1n) is 6.02. The summed E-state index contributed by atoms with van der Waals surface area (Å²) in [6, 6.07) is 12.4. The molecule has 0 amide bonds. The van der Waals surface area contributed by atoms with E-state index in [0.29, 0.717) is 5.56 Å². The lowest BCUT2D eigenvalue weighted by Gasteiger charge is -2.05. The number of benzene rings is 2. The Morgan fingerprint density at radius 1 is 1.11 bits per heavy atom. The number of aromatic nitrogens is 2. The highest BCUT2D eigenvalue weighted by atomic mass is 32.1. The van der Waals surface area contributed by atoms with Crippen LogP contribution < -0.4 is 5.56 Å². The molecule has 2 aliphatic heterocycles. The molecule has 0 aromatic heterocycles. The van der Waals surface area contributed by atoms with Crippen molar-refractivity contribution < 1.29 is 0 Å². The molecule has 0 N–H and O–H groups in total. The molecule has 0 radical (unpaired) electrons. The van der Waals surface area contributed by atoms with Crippen molar-refractivity contribution in [2.75, 3.05) is 0 Å². The molecule has 0 unspecified atom stereocenters. The molecule has 0 atom stereocenters. The third-order valence-electron chi connectivity index (χ3n) is 3.46. The molecule has 2 heterocycles. The number of nitrogens with zero attached hydrogens (tertiary/aromatic N) is 2. The summed E-state index contributed by atoms with van der Waals surface area (Å²) in [4.78, 5) is 11.9. The highest BCUT2D eigenvalue weighted by Crippen LogP contribution is 2.35. The third-order valence-corrected chi connectivity index (χ3v) is 4.49. The lowest BCUT2D eigenvalue weighted by molar-refractivity contribution is 0.747. The summed E-state index contributed by atoms with van der Waals surface area (Å²) in [5.41, 5.74) is 1.48. The molecule has 0 saturated carbocycles. The number of hydrogen-bond donors (Lipinski definition) is 0. The van der Waals surface area contributed by atoms with E-state index in [-0.39, 0.29) is 5.56 Å². The van der Waals surface area contributed by atoms with Crippen molar-refractivity contribution in [2.24, 2.45) is 7.05 Å². The standard InChI is InChI=1S/C15H10N2OS/c1-17-15(18)12-8-19-14-10-5-3-2-4-9(10)6-7-11(14)13(12)16-17/h2-8H,1H3. The second-order valence-corrected chi connectivity index (χ2v) is 5.47. The van der Waals surface area contributed by atoms with Crippen LogP contribution in [0.5, 0.6) is 0 Å². The maximum absolute atomic E-state index is 11.9. The van der Waals surface area contributed by atoms with Crippen molar-refractivity contribution in [3.8, 4) is 11.3 Å². The third kappa shape index (κ3) is 1.37. The summed E-state index contributed by atoms with van der Waals surface area (Å²) in [6.07, 6.45) is 0. The van der Waals surface area contributed by atoms with Gasteiger partial charge in [0, 0.05) is 22.5 Å². The minimum atomic E-state index is -0.0266. The van der Waals surface area contributed by atoms with Crippen molar-refractivity contribution in [1.29, 1.82) is 0 Å². The summed E-state index contributed by atoms with van der Waals surface area (Å²) in [5, 5.41) is 9.75. The van der Waals surface area contributed by atoms with Gasteiger partial charge in [0.05, 0.1) is 5.56 Å². The van der Waals surface area contributed by atoms with Gasteiger partial charge >= 0.3 is 0 Å². The highest BCUT2D eigenvalue weighted by Gasteiger charge is 2.17. The molecule has 0 aliphatic carbocycles. The Bertz CT molecular complexity index is 951. The minimum absolute atomic E-state index is 0.0266. The predicted octanol–water partition coefficient (Wildman–Crippen LogP) is 3.25.